The first-order valence-electron chi connectivity index (χ1n) is 9.38. The Labute approximate surface area is 181 Å². The number of amides is 1. The lowest BCUT2D eigenvalue weighted by atomic mass is 10.1. The van der Waals surface area contributed by atoms with Gasteiger partial charge in [0.25, 0.3) is 5.91 Å². The van der Waals surface area contributed by atoms with E-state index in [0.29, 0.717) is 37.8 Å². The number of nitrogens with one attached hydrogen (secondary N) is 1. The minimum absolute atomic E-state index is 0.201. The van der Waals surface area contributed by atoms with Crippen molar-refractivity contribution < 1.29 is 14.3 Å². The lowest BCUT2D eigenvalue weighted by molar-refractivity contribution is -0.134. The second-order valence-corrected chi connectivity index (χ2v) is 7.58. The van der Waals surface area contributed by atoms with Crippen molar-refractivity contribution in [2.75, 3.05) is 37.7 Å². The normalized spacial score (nSPS) is 13.9. The summed E-state index contributed by atoms with van der Waals surface area (Å²) in [7, 11) is 0. The molecule has 10 heteroatoms. The van der Waals surface area contributed by atoms with Gasteiger partial charge in [-0.2, -0.15) is 5.10 Å². The van der Waals surface area contributed by atoms with Gasteiger partial charge < -0.3 is 14.5 Å². The molecule has 0 atom stereocenters. The van der Waals surface area contributed by atoms with Gasteiger partial charge in [0.15, 0.2) is 6.61 Å². The van der Waals surface area contributed by atoms with Gasteiger partial charge in [-0.05, 0) is 24.3 Å². The summed E-state index contributed by atoms with van der Waals surface area (Å²) in [6, 6.07) is 10.9. The summed E-state index contributed by atoms with van der Waals surface area (Å²) in [5.41, 5.74) is 1.69. The largest absolute Gasteiger partial charge is 0.451 e. The van der Waals surface area contributed by atoms with Gasteiger partial charge in [0.05, 0.1) is 5.69 Å². The number of aromatic nitrogens is 4. The van der Waals surface area contributed by atoms with Crippen LogP contribution in [0.5, 0.6) is 0 Å². The maximum absolute atomic E-state index is 12.4. The summed E-state index contributed by atoms with van der Waals surface area (Å²) >= 11 is 3.38. The molecule has 1 fully saturated rings. The third-order valence-corrected chi connectivity index (χ3v) is 5.26. The van der Waals surface area contributed by atoms with Crippen LogP contribution in [-0.2, 0) is 9.53 Å². The van der Waals surface area contributed by atoms with Crippen LogP contribution in [0, 0.1) is 0 Å². The molecule has 3 heterocycles. The first-order valence-corrected chi connectivity index (χ1v) is 10.2. The molecule has 1 N–H and O–H groups in total. The van der Waals surface area contributed by atoms with Crippen molar-refractivity contribution in [3.63, 3.8) is 0 Å². The van der Waals surface area contributed by atoms with Crippen molar-refractivity contribution in [3.8, 4) is 11.3 Å². The number of hydrogen-bond acceptors (Lipinski definition) is 7. The van der Waals surface area contributed by atoms with Crippen LogP contribution in [-0.4, -0.2) is 69.7 Å². The van der Waals surface area contributed by atoms with Gasteiger partial charge in [-0.25, -0.2) is 14.8 Å². The summed E-state index contributed by atoms with van der Waals surface area (Å²) in [5, 5.41) is 6.80. The summed E-state index contributed by atoms with van der Waals surface area (Å²) in [6.07, 6.45) is 3.38. The third-order valence-electron chi connectivity index (χ3n) is 4.73. The predicted molar refractivity (Wildman–Crippen MR) is 113 cm³/mol. The van der Waals surface area contributed by atoms with Gasteiger partial charge in [-0.15, -0.1) is 0 Å². The Morgan fingerprint density at radius 3 is 2.47 bits per heavy atom. The minimum Gasteiger partial charge on any atom is -0.451 e. The van der Waals surface area contributed by atoms with Gasteiger partial charge in [0, 0.05) is 48.6 Å². The number of benzene rings is 1. The van der Waals surface area contributed by atoms with Crippen LogP contribution in [0.3, 0.4) is 0 Å². The Morgan fingerprint density at radius 1 is 1.07 bits per heavy atom. The quantitative estimate of drug-likeness (QED) is 0.569. The fourth-order valence-corrected chi connectivity index (χ4v) is 3.37. The zero-order valence-corrected chi connectivity index (χ0v) is 17.6. The molecule has 30 heavy (non-hydrogen) atoms. The highest BCUT2D eigenvalue weighted by molar-refractivity contribution is 9.10. The molecule has 4 rings (SSSR count). The molecule has 0 spiro atoms. The molecule has 1 aromatic carbocycles. The average Bonchev–Trinajstić information content (AvgIpc) is 3.29. The molecule has 1 aliphatic heterocycles. The van der Waals surface area contributed by atoms with Crippen LogP contribution in [0.2, 0.25) is 0 Å². The molecular formula is C20H19BrN6O3. The van der Waals surface area contributed by atoms with Crippen LogP contribution >= 0.6 is 15.9 Å². The predicted octanol–water partition coefficient (Wildman–Crippen LogP) is 2.13. The Hall–Kier alpha value is -3.27. The maximum atomic E-state index is 12.4. The number of esters is 1. The summed E-state index contributed by atoms with van der Waals surface area (Å²) in [6.45, 7) is 1.98. The van der Waals surface area contributed by atoms with Crippen LogP contribution in [0.1, 0.15) is 10.5 Å². The van der Waals surface area contributed by atoms with Crippen LogP contribution in [0.4, 0.5) is 5.95 Å². The molecule has 2 aromatic heterocycles. The smallest absolute Gasteiger partial charge is 0.356 e. The van der Waals surface area contributed by atoms with Gasteiger partial charge in [-0.3, -0.25) is 9.89 Å². The number of piperazine rings is 1. The Balaban J connectivity index is 1.27. The average molecular weight is 471 g/mol. The Morgan fingerprint density at radius 2 is 1.77 bits per heavy atom. The SMILES string of the molecule is O=C(OCC(=O)N1CCN(c2ncccn2)CC1)c1cc(-c2ccc(Br)cc2)n[nH]1. The maximum Gasteiger partial charge on any atom is 0.356 e. The fourth-order valence-electron chi connectivity index (χ4n) is 3.10. The summed E-state index contributed by atoms with van der Waals surface area (Å²) in [5.74, 6) is -0.197. The number of ether oxygens (including phenoxy) is 1. The summed E-state index contributed by atoms with van der Waals surface area (Å²) < 4.78 is 6.13. The van der Waals surface area contributed by atoms with E-state index in [2.05, 4.69) is 36.1 Å². The van der Waals surface area contributed by atoms with Crippen molar-refractivity contribution in [1.29, 1.82) is 0 Å². The van der Waals surface area contributed by atoms with Crippen molar-refractivity contribution in [1.82, 2.24) is 25.1 Å². The zero-order valence-electron chi connectivity index (χ0n) is 16.0. The highest BCUT2D eigenvalue weighted by Crippen LogP contribution is 2.20. The molecule has 0 unspecified atom stereocenters. The van der Waals surface area contributed by atoms with Crippen LogP contribution in [0.25, 0.3) is 11.3 Å². The number of anilines is 1. The van der Waals surface area contributed by atoms with Crippen molar-refractivity contribution >= 4 is 33.8 Å². The molecule has 3 aromatic rings. The molecule has 0 bridgehead atoms. The lowest BCUT2D eigenvalue weighted by Gasteiger charge is -2.34. The first-order chi connectivity index (χ1) is 14.6. The lowest BCUT2D eigenvalue weighted by Crippen LogP contribution is -2.50. The first kappa shape index (κ1) is 20.0. The Kier molecular flexibility index (Phi) is 6.03. The third kappa shape index (κ3) is 4.65. The number of halogens is 1. The van der Waals surface area contributed by atoms with Crippen molar-refractivity contribution in [2.45, 2.75) is 0 Å². The van der Waals surface area contributed by atoms with Crippen LogP contribution in [0.15, 0.2) is 53.3 Å². The molecule has 154 valence electrons. The highest BCUT2D eigenvalue weighted by Gasteiger charge is 2.23. The van der Waals surface area contributed by atoms with Gasteiger partial charge >= 0.3 is 5.97 Å². The van der Waals surface area contributed by atoms with E-state index in [-0.39, 0.29) is 18.2 Å². The van der Waals surface area contributed by atoms with Crippen molar-refractivity contribution in [3.05, 3.63) is 59.0 Å². The van der Waals surface area contributed by atoms with E-state index in [1.165, 1.54) is 0 Å². The molecule has 1 aliphatic rings. The molecule has 0 saturated carbocycles. The highest BCUT2D eigenvalue weighted by atomic mass is 79.9. The number of hydrogen-bond donors (Lipinski definition) is 1. The van der Waals surface area contributed by atoms with Crippen molar-refractivity contribution in [2.24, 2.45) is 0 Å². The molecule has 9 nitrogen and oxygen atoms in total. The van der Waals surface area contributed by atoms with E-state index in [1.54, 1.807) is 29.4 Å². The van der Waals surface area contributed by atoms with E-state index in [1.807, 2.05) is 29.2 Å². The van der Waals surface area contributed by atoms with E-state index in [4.69, 9.17) is 4.74 Å². The minimum atomic E-state index is -0.615. The van der Waals surface area contributed by atoms with E-state index in [0.717, 1.165) is 10.0 Å². The van der Waals surface area contributed by atoms with Crippen LogP contribution < -0.4 is 4.90 Å². The number of aromatic amines is 1. The number of rotatable bonds is 5. The van der Waals surface area contributed by atoms with E-state index < -0.39 is 5.97 Å². The second-order valence-electron chi connectivity index (χ2n) is 6.67. The second kappa shape index (κ2) is 9.04. The number of nitrogens with zero attached hydrogens (tertiary/aromatic N) is 5. The molecule has 1 amide bonds. The fraction of sp³-hybridized carbons (Fsp3) is 0.250. The van der Waals surface area contributed by atoms with Gasteiger partial charge in [0.1, 0.15) is 5.69 Å². The van der Waals surface area contributed by atoms with Gasteiger partial charge in [0.2, 0.25) is 5.95 Å². The monoisotopic (exact) mass is 470 g/mol. The molecule has 1 saturated heterocycles. The molecule has 0 aliphatic carbocycles. The summed E-state index contributed by atoms with van der Waals surface area (Å²) in [4.78, 5) is 36.8. The van der Waals surface area contributed by atoms with Gasteiger partial charge in [-0.1, -0.05) is 28.1 Å². The number of carbonyl (C=O) groups is 2. The number of H-pyrrole nitrogens is 1. The van der Waals surface area contributed by atoms with E-state index in [9.17, 15) is 9.59 Å². The van der Waals surface area contributed by atoms with E-state index >= 15 is 0 Å². The molecular weight excluding hydrogens is 452 g/mol. The standard InChI is InChI=1S/C20H19BrN6O3/c21-15-4-2-14(3-5-15)16-12-17(25-24-16)19(29)30-13-18(28)26-8-10-27(11-9-26)20-22-6-1-7-23-20/h1-7,12H,8-11,13H2,(H,24,25). The Bertz CT molecular complexity index is 1020. The molecule has 0 radical (unpaired) electrons. The topological polar surface area (TPSA) is 104 Å². The number of carbonyl (C=O) groups excluding carboxylic acids is 2. The zero-order chi connectivity index (χ0) is 20.9.